The van der Waals surface area contributed by atoms with Crippen molar-refractivity contribution in [1.82, 2.24) is 9.88 Å². The van der Waals surface area contributed by atoms with E-state index in [2.05, 4.69) is 34.7 Å². The van der Waals surface area contributed by atoms with Gasteiger partial charge >= 0.3 is 0 Å². The molecule has 0 atom stereocenters. The summed E-state index contributed by atoms with van der Waals surface area (Å²) in [5.41, 5.74) is 3.24. The molecule has 23 heavy (non-hydrogen) atoms. The summed E-state index contributed by atoms with van der Waals surface area (Å²) >= 11 is 1.63. The van der Waals surface area contributed by atoms with Crippen LogP contribution in [0, 0.1) is 25.7 Å². The van der Waals surface area contributed by atoms with Gasteiger partial charge in [0.15, 0.2) is 5.13 Å². The number of carbonyl (C=O) groups is 1. The molecule has 3 rings (SSSR count). The van der Waals surface area contributed by atoms with E-state index in [1.807, 2.05) is 35.5 Å². The molecule has 1 aliphatic rings. The number of rotatable bonds is 1. The second-order valence-electron chi connectivity index (χ2n) is 5.66. The molecule has 0 bridgehead atoms. The van der Waals surface area contributed by atoms with Crippen molar-refractivity contribution in [3.05, 3.63) is 46.5 Å². The first-order valence-electron chi connectivity index (χ1n) is 7.66. The van der Waals surface area contributed by atoms with Crippen LogP contribution in [-0.4, -0.2) is 42.0 Å². The van der Waals surface area contributed by atoms with Gasteiger partial charge in [-0.3, -0.25) is 4.79 Å². The summed E-state index contributed by atoms with van der Waals surface area (Å²) in [5, 5.41) is 3.00. The van der Waals surface area contributed by atoms with Gasteiger partial charge in [-0.1, -0.05) is 23.6 Å². The molecule has 1 amide bonds. The maximum atomic E-state index is 12.3. The van der Waals surface area contributed by atoms with E-state index in [1.165, 1.54) is 5.56 Å². The minimum atomic E-state index is -0.0937. The van der Waals surface area contributed by atoms with E-state index in [4.69, 9.17) is 0 Å². The van der Waals surface area contributed by atoms with E-state index in [1.54, 1.807) is 11.3 Å². The number of hydrogen-bond acceptors (Lipinski definition) is 4. The van der Waals surface area contributed by atoms with Crippen LogP contribution in [0.1, 0.15) is 16.7 Å². The lowest BCUT2D eigenvalue weighted by molar-refractivity contribution is -0.125. The van der Waals surface area contributed by atoms with Crippen LogP contribution in [0.25, 0.3) is 0 Å². The SMILES string of the molecule is Cc1ccc(C#CC(=O)N2CCN(c3nccs3)CC2)c(C)c1. The lowest BCUT2D eigenvalue weighted by atomic mass is 10.1. The zero-order chi connectivity index (χ0) is 16.2. The molecule has 2 aromatic rings. The Hall–Kier alpha value is -2.32. The fourth-order valence-corrected chi connectivity index (χ4v) is 3.32. The van der Waals surface area contributed by atoms with Gasteiger partial charge in [-0.25, -0.2) is 4.98 Å². The third kappa shape index (κ3) is 3.72. The van der Waals surface area contributed by atoms with Crippen molar-refractivity contribution in [3.63, 3.8) is 0 Å². The van der Waals surface area contributed by atoms with E-state index in [0.717, 1.165) is 29.3 Å². The minimum absolute atomic E-state index is 0.0937. The van der Waals surface area contributed by atoms with Gasteiger partial charge in [0.25, 0.3) is 5.91 Å². The van der Waals surface area contributed by atoms with Gasteiger partial charge in [-0.05, 0) is 25.5 Å². The number of benzene rings is 1. The first kappa shape index (κ1) is 15.6. The number of thiazole rings is 1. The Bertz CT molecular complexity index is 750. The van der Waals surface area contributed by atoms with Gasteiger partial charge in [0, 0.05) is 49.2 Å². The molecule has 2 heterocycles. The molecule has 118 valence electrons. The Morgan fingerprint density at radius 1 is 1.22 bits per heavy atom. The molecule has 5 heteroatoms. The van der Waals surface area contributed by atoms with Crippen LogP contribution in [0.15, 0.2) is 29.8 Å². The molecular weight excluding hydrogens is 306 g/mol. The predicted octanol–water partition coefficient (Wildman–Crippen LogP) is 2.46. The number of anilines is 1. The molecule has 0 unspecified atom stereocenters. The van der Waals surface area contributed by atoms with Gasteiger partial charge in [0.05, 0.1) is 0 Å². The standard InChI is InChI=1S/C18H19N3OS/c1-14-3-4-16(15(2)13-14)5-6-17(22)20-8-10-21(11-9-20)18-19-7-12-23-18/h3-4,7,12-13H,8-11H2,1-2H3. The Balaban J connectivity index is 1.61. The van der Waals surface area contributed by atoms with Gasteiger partial charge in [-0.15, -0.1) is 11.3 Å². The summed E-state index contributed by atoms with van der Waals surface area (Å²) in [6.07, 6.45) is 1.81. The van der Waals surface area contributed by atoms with E-state index in [-0.39, 0.29) is 5.91 Å². The largest absolute Gasteiger partial charge is 0.345 e. The molecular formula is C18H19N3OS. The molecule has 0 spiro atoms. The van der Waals surface area contributed by atoms with E-state index >= 15 is 0 Å². The minimum Gasteiger partial charge on any atom is -0.345 e. The van der Waals surface area contributed by atoms with Crippen LogP contribution in [0.5, 0.6) is 0 Å². The zero-order valence-electron chi connectivity index (χ0n) is 13.4. The number of nitrogens with zero attached hydrogens (tertiary/aromatic N) is 3. The van der Waals surface area contributed by atoms with Crippen LogP contribution in [0.4, 0.5) is 5.13 Å². The van der Waals surface area contributed by atoms with Crippen LogP contribution < -0.4 is 4.90 Å². The molecule has 1 fully saturated rings. The van der Waals surface area contributed by atoms with Gasteiger partial charge in [-0.2, -0.15) is 0 Å². The molecule has 0 N–H and O–H groups in total. The molecule has 1 saturated heterocycles. The normalized spacial score (nSPS) is 14.3. The third-order valence-corrected chi connectivity index (χ3v) is 4.77. The second kappa shape index (κ2) is 6.84. The summed E-state index contributed by atoms with van der Waals surface area (Å²) in [5.74, 6) is 5.70. The highest BCUT2D eigenvalue weighted by Crippen LogP contribution is 2.18. The fourth-order valence-electron chi connectivity index (χ4n) is 2.63. The monoisotopic (exact) mass is 325 g/mol. The maximum Gasteiger partial charge on any atom is 0.298 e. The molecule has 0 saturated carbocycles. The highest BCUT2D eigenvalue weighted by molar-refractivity contribution is 7.13. The summed E-state index contributed by atoms with van der Waals surface area (Å²) < 4.78 is 0. The average Bonchev–Trinajstić information content (AvgIpc) is 3.08. The first-order valence-corrected chi connectivity index (χ1v) is 8.54. The van der Waals surface area contributed by atoms with Crippen LogP contribution in [0.3, 0.4) is 0 Å². The average molecular weight is 325 g/mol. The Kier molecular flexibility index (Phi) is 4.63. The maximum absolute atomic E-state index is 12.3. The summed E-state index contributed by atoms with van der Waals surface area (Å²) in [7, 11) is 0. The Morgan fingerprint density at radius 2 is 2.00 bits per heavy atom. The summed E-state index contributed by atoms with van der Waals surface area (Å²) in [6, 6.07) is 6.08. The number of carbonyl (C=O) groups excluding carboxylic acids is 1. The van der Waals surface area contributed by atoms with Crippen molar-refractivity contribution in [2.75, 3.05) is 31.1 Å². The molecule has 0 radical (unpaired) electrons. The Morgan fingerprint density at radius 3 is 2.65 bits per heavy atom. The molecule has 1 aromatic carbocycles. The smallest absolute Gasteiger partial charge is 0.298 e. The number of hydrogen-bond donors (Lipinski definition) is 0. The van der Waals surface area contributed by atoms with Crippen molar-refractivity contribution in [1.29, 1.82) is 0 Å². The van der Waals surface area contributed by atoms with E-state index in [0.29, 0.717) is 13.1 Å². The Labute approximate surface area is 140 Å². The highest BCUT2D eigenvalue weighted by Gasteiger charge is 2.21. The van der Waals surface area contributed by atoms with Crippen molar-refractivity contribution in [2.45, 2.75) is 13.8 Å². The topological polar surface area (TPSA) is 36.4 Å². The lowest BCUT2D eigenvalue weighted by Crippen LogP contribution is -2.48. The summed E-state index contributed by atoms with van der Waals surface area (Å²) in [4.78, 5) is 20.6. The van der Waals surface area contributed by atoms with Crippen molar-refractivity contribution < 1.29 is 4.79 Å². The number of aromatic nitrogens is 1. The number of amides is 1. The molecule has 1 aromatic heterocycles. The fraction of sp³-hybridized carbons (Fsp3) is 0.333. The molecule has 0 aliphatic carbocycles. The highest BCUT2D eigenvalue weighted by atomic mass is 32.1. The second-order valence-corrected chi connectivity index (χ2v) is 6.54. The van der Waals surface area contributed by atoms with E-state index < -0.39 is 0 Å². The summed E-state index contributed by atoms with van der Waals surface area (Å²) in [6.45, 7) is 7.08. The van der Waals surface area contributed by atoms with Crippen LogP contribution in [0.2, 0.25) is 0 Å². The van der Waals surface area contributed by atoms with Crippen LogP contribution in [-0.2, 0) is 4.79 Å². The van der Waals surface area contributed by atoms with Gasteiger partial charge in [0.2, 0.25) is 0 Å². The predicted molar refractivity (Wildman–Crippen MR) is 93.7 cm³/mol. The quantitative estimate of drug-likeness (QED) is 0.756. The van der Waals surface area contributed by atoms with Crippen LogP contribution >= 0.6 is 11.3 Å². The number of piperazine rings is 1. The zero-order valence-corrected chi connectivity index (χ0v) is 14.2. The van der Waals surface area contributed by atoms with E-state index in [9.17, 15) is 4.79 Å². The third-order valence-electron chi connectivity index (χ3n) is 3.94. The molecule has 4 nitrogen and oxygen atoms in total. The van der Waals surface area contributed by atoms with Crippen molar-refractivity contribution in [3.8, 4) is 11.8 Å². The first-order chi connectivity index (χ1) is 11.1. The molecule has 1 aliphatic heterocycles. The lowest BCUT2D eigenvalue weighted by Gasteiger charge is -2.33. The van der Waals surface area contributed by atoms with Gasteiger partial charge < -0.3 is 9.80 Å². The van der Waals surface area contributed by atoms with Crippen molar-refractivity contribution >= 4 is 22.4 Å². The van der Waals surface area contributed by atoms with Gasteiger partial charge in [0.1, 0.15) is 0 Å². The number of aryl methyl sites for hydroxylation is 2. The van der Waals surface area contributed by atoms with Crippen molar-refractivity contribution in [2.24, 2.45) is 0 Å².